The maximum atomic E-state index is 12.4. The minimum Gasteiger partial charge on any atom is -0.451 e. The maximum Gasteiger partial charge on any atom is 0.359 e. The van der Waals surface area contributed by atoms with Crippen LogP contribution in [-0.2, 0) is 16.6 Å². The van der Waals surface area contributed by atoms with Crippen molar-refractivity contribution in [2.75, 3.05) is 18.1 Å². The Morgan fingerprint density at radius 1 is 1.24 bits per heavy atom. The van der Waals surface area contributed by atoms with Gasteiger partial charge in [0.2, 0.25) is 0 Å². The fraction of sp³-hybridized carbons (Fsp3) is 0.235. The number of hydrogen-bond donors (Lipinski definition) is 0. The molecular weight excluding hydrogens is 324 g/mol. The third-order valence-corrected chi connectivity index (χ3v) is 3.31. The SMILES string of the molecule is Cn1nc(C(=O)OCC(=O)N(CCC#N)c2ccccc2)ccc1=O. The number of rotatable bonds is 6. The first kappa shape index (κ1) is 17.9. The van der Waals surface area contributed by atoms with Crippen LogP contribution < -0.4 is 10.5 Å². The average Bonchev–Trinajstić information content (AvgIpc) is 2.63. The Morgan fingerprint density at radius 2 is 1.96 bits per heavy atom. The number of amides is 1. The fourth-order valence-corrected chi connectivity index (χ4v) is 2.06. The molecule has 1 amide bonds. The molecule has 0 spiro atoms. The van der Waals surface area contributed by atoms with Crippen LogP contribution in [0.1, 0.15) is 16.9 Å². The Balaban J connectivity index is 2.05. The lowest BCUT2D eigenvalue weighted by atomic mass is 10.2. The summed E-state index contributed by atoms with van der Waals surface area (Å²) in [5.41, 5.74) is 0.177. The van der Waals surface area contributed by atoms with Crippen molar-refractivity contribution in [1.29, 1.82) is 5.26 Å². The second-order valence-electron chi connectivity index (χ2n) is 5.05. The molecule has 0 radical (unpaired) electrons. The number of para-hydroxylation sites is 1. The lowest BCUT2D eigenvalue weighted by Crippen LogP contribution is -2.35. The molecule has 8 heteroatoms. The maximum absolute atomic E-state index is 12.4. The minimum atomic E-state index is -0.808. The molecule has 0 aliphatic heterocycles. The first-order valence-electron chi connectivity index (χ1n) is 7.47. The molecule has 1 aromatic carbocycles. The molecule has 25 heavy (non-hydrogen) atoms. The Bertz CT molecular complexity index is 855. The number of nitriles is 1. The second kappa shape index (κ2) is 8.40. The van der Waals surface area contributed by atoms with Crippen molar-refractivity contribution in [3.05, 3.63) is 58.5 Å². The van der Waals surface area contributed by atoms with E-state index in [0.717, 1.165) is 4.68 Å². The summed E-state index contributed by atoms with van der Waals surface area (Å²) in [6.07, 6.45) is 0.150. The molecule has 2 aromatic rings. The molecule has 0 atom stereocenters. The Labute approximate surface area is 143 Å². The van der Waals surface area contributed by atoms with E-state index >= 15 is 0 Å². The highest BCUT2D eigenvalue weighted by molar-refractivity contribution is 5.96. The number of esters is 1. The second-order valence-corrected chi connectivity index (χ2v) is 5.05. The summed E-state index contributed by atoms with van der Waals surface area (Å²) in [6, 6.07) is 13.2. The van der Waals surface area contributed by atoms with Crippen LogP contribution in [0.3, 0.4) is 0 Å². The highest BCUT2D eigenvalue weighted by Gasteiger charge is 2.18. The highest BCUT2D eigenvalue weighted by atomic mass is 16.5. The molecule has 1 aromatic heterocycles. The molecule has 2 rings (SSSR count). The number of aryl methyl sites for hydroxylation is 1. The summed E-state index contributed by atoms with van der Waals surface area (Å²) in [5.74, 6) is -1.27. The Morgan fingerprint density at radius 3 is 2.60 bits per heavy atom. The topological polar surface area (TPSA) is 105 Å². The smallest absolute Gasteiger partial charge is 0.359 e. The van der Waals surface area contributed by atoms with Crippen molar-refractivity contribution in [3.8, 4) is 6.07 Å². The van der Waals surface area contributed by atoms with Crippen molar-refractivity contribution in [2.24, 2.45) is 7.05 Å². The van der Waals surface area contributed by atoms with Crippen molar-refractivity contribution in [3.63, 3.8) is 0 Å². The summed E-state index contributed by atoms with van der Waals surface area (Å²) < 4.78 is 5.98. The van der Waals surface area contributed by atoms with Gasteiger partial charge in [-0.25, -0.2) is 9.48 Å². The quantitative estimate of drug-likeness (QED) is 0.723. The Kier molecular flexibility index (Phi) is 6.01. The van der Waals surface area contributed by atoms with Crippen LogP contribution >= 0.6 is 0 Å². The van der Waals surface area contributed by atoms with Crippen LogP contribution in [0.4, 0.5) is 5.69 Å². The van der Waals surface area contributed by atoms with E-state index in [4.69, 9.17) is 10.00 Å². The molecule has 0 aliphatic rings. The number of benzene rings is 1. The monoisotopic (exact) mass is 340 g/mol. The zero-order chi connectivity index (χ0) is 18.2. The predicted molar refractivity (Wildman–Crippen MR) is 88.8 cm³/mol. The minimum absolute atomic E-state index is 0.0711. The summed E-state index contributed by atoms with van der Waals surface area (Å²) in [5, 5.41) is 12.5. The van der Waals surface area contributed by atoms with Crippen molar-refractivity contribution in [1.82, 2.24) is 9.78 Å². The largest absolute Gasteiger partial charge is 0.451 e. The molecule has 0 N–H and O–H groups in total. The van der Waals surface area contributed by atoms with Gasteiger partial charge in [0.15, 0.2) is 12.3 Å². The van der Waals surface area contributed by atoms with Crippen LogP contribution in [-0.4, -0.2) is 34.8 Å². The van der Waals surface area contributed by atoms with Gasteiger partial charge in [0, 0.05) is 25.3 Å². The van der Waals surface area contributed by atoms with Gasteiger partial charge >= 0.3 is 5.97 Å². The summed E-state index contributed by atoms with van der Waals surface area (Å²) in [7, 11) is 1.41. The van der Waals surface area contributed by atoms with Gasteiger partial charge in [-0.05, 0) is 18.2 Å². The molecule has 8 nitrogen and oxygen atoms in total. The molecule has 0 unspecified atom stereocenters. The number of aromatic nitrogens is 2. The van der Waals surface area contributed by atoms with E-state index in [1.54, 1.807) is 24.3 Å². The summed E-state index contributed by atoms with van der Waals surface area (Å²) in [4.78, 5) is 37.0. The van der Waals surface area contributed by atoms with Gasteiger partial charge in [0.05, 0.1) is 12.5 Å². The van der Waals surface area contributed by atoms with Gasteiger partial charge in [0.25, 0.3) is 11.5 Å². The van der Waals surface area contributed by atoms with E-state index in [-0.39, 0.29) is 24.2 Å². The lowest BCUT2D eigenvalue weighted by molar-refractivity contribution is -0.121. The highest BCUT2D eigenvalue weighted by Crippen LogP contribution is 2.14. The van der Waals surface area contributed by atoms with Crippen LogP contribution in [0.2, 0.25) is 0 Å². The van der Waals surface area contributed by atoms with Crippen LogP contribution in [0.25, 0.3) is 0 Å². The van der Waals surface area contributed by atoms with Crippen LogP contribution in [0, 0.1) is 11.3 Å². The van der Waals surface area contributed by atoms with E-state index < -0.39 is 18.5 Å². The standard InChI is InChI=1S/C17H16N4O4/c1-20-15(22)9-8-14(19-20)17(24)25-12-16(23)21(11-5-10-18)13-6-3-2-4-7-13/h2-4,6-9H,5,11-12H2,1H3. The van der Waals surface area contributed by atoms with E-state index in [1.165, 1.54) is 24.1 Å². The molecule has 0 saturated heterocycles. The van der Waals surface area contributed by atoms with Gasteiger partial charge < -0.3 is 9.64 Å². The number of nitrogens with zero attached hydrogens (tertiary/aromatic N) is 4. The predicted octanol–water partition coefficient (Wildman–Crippen LogP) is 0.884. The van der Waals surface area contributed by atoms with E-state index in [2.05, 4.69) is 5.10 Å². The molecule has 0 fully saturated rings. The van der Waals surface area contributed by atoms with Crippen LogP contribution in [0.5, 0.6) is 0 Å². The molecular formula is C17H16N4O4. The van der Waals surface area contributed by atoms with Gasteiger partial charge in [-0.15, -0.1) is 0 Å². The number of anilines is 1. The third kappa shape index (κ3) is 4.75. The normalized spacial score (nSPS) is 9.92. The molecule has 0 bridgehead atoms. The van der Waals surface area contributed by atoms with Gasteiger partial charge in [-0.1, -0.05) is 18.2 Å². The van der Waals surface area contributed by atoms with Gasteiger partial charge in [-0.2, -0.15) is 10.4 Å². The summed E-state index contributed by atoms with van der Waals surface area (Å²) >= 11 is 0. The Hall–Kier alpha value is -3.47. The van der Waals surface area contributed by atoms with E-state index in [1.807, 2.05) is 12.1 Å². The number of hydrogen-bond acceptors (Lipinski definition) is 6. The zero-order valence-corrected chi connectivity index (χ0v) is 13.6. The first-order valence-corrected chi connectivity index (χ1v) is 7.47. The molecule has 0 saturated carbocycles. The molecule has 0 aliphatic carbocycles. The number of ether oxygens (including phenoxy) is 1. The molecule has 1 heterocycles. The first-order chi connectivity index (χ1) is 12.0. The lowest BCUT2D eigenvalue weighted by Gasteiger charge is -2.21. The van der Waals surface area contributed by atoms with E-state index in [9.17, 15) is 14.4 Å². The third-order valence-electron chi connectivity index (χ3n) is 3.31. The molecule has 128 valence electrons. The van der Waals surface area contributed by atoms with E-state index in [0.29, 0.717) is 5.69 Å². The van der Waals surface area contributed by atoms with Crippen molar-refractivity contribution >= 4 is 17.6 Å². The summed E-state index contributed by atoms with van der Waals surface area (Å²) in [6.45, 7) is -0.307. The van der Waals surface area contributed by atoms with Crippen molar-refractivity contribution < 1.29 is 14.3 Å². The number of carbonyl (C=O) groups is 2. The van der Waals surface area contributed by atoms with Crippen molar-refractivity contribution in [2.45, 2.75) is 6.42 Å². The fourth-order valence-electron chi connectivity index (χ4n) is 2.06. The zero-order valence-electron chi connectivity index (χ0n) is 13.6. The number of carbonyl (C=O) groups excluding carboxylic acids is 2. The van der Waals surface area contributed by atoms with Gasteiger partial charge in [-0.3, -0.25) is 9.59 Å². The van der Waals surface area contributed by atoms with Crippen LogP contribution in [0.15, 0.2) is 47.3 Å². The van der Waals surface area contributed by atoms with Gasteiger partial charge in [0.1, 0.15) is 0 Å². The average molecular weight is 340 g/mol.